The van der Waals surface area contributed by atoms with Crippen molar-refractivity contribution in [2.75, 3.05) is 12.4 Å². The van der Waals surface area contributed by atoms with Crippen LogP contribution in [0.25, 0.3) is 0 Å². The molecule has 0 atom stereocenters. The third-order valence-electron chi connectivity index (χ3n) is 4.17. The molecule has 0 N–H and O–H groups in total. The van der Waals surface area contributed by atoms with E-state index < -0.39 is 5.97 Å². The molecular weight excluding hydrogens is 362 g/mol. The molecule has 1 heterocycles. The fourth-order valence-electron chi connectivity index (χ4n) is 3.08. The maximum absolute atomic E-state index is 12.5. The molecule has 0 saturated carbocycles. The number of hydrogen-bond donors (Lipinski definition) is 0. The van der Waals surface area contributed by atoms with Crippen molar-refractivity contribution in [3.63, 3.8) is 0 Å². The number of hydrogen-bond acceptors (Lipinski definition) is 5. The number of esters is 1. The standard InChI is InChI=1S/C21H25NO4S/c1-13(2)22-14(3)10-18(16(22)5)19(24)11-26-21(25)17-8-6-7-9-20(17)27-12-15(4)23/h6-10,13H,11-12H2,1-5H3. The first kappa shape index (κ1) is 21.0. The van der Waals surface area contributed by atoms with Gasteiger partial charge in [-0.05, 0) is 52.8 Å². The highest BCUT2D eigenvalue weighted by molar-refractivity contribution is 8.00. The first-order chi connectivity index (χ1) is 12.7. The van der Waals surface area contributed by atoms with Gasteiger partial charge in [0.15, 0.2) is 6.61 Å². The lowest BCUT2D eigenvalue weighted by Gasteiger charge is -2.13. The quantitative estimate of drug-likeness (QED) is 0.381. The Balaban J connectivity index is 2.09. The molecule has 0 bridgehead atoms. The Morgan fingerprint density at radius 3 is 2.37 bits per heavy atom. The van der Waals surface area contributed by atoms with Gasteiger partial charge in [-0.25, -0.2) is 4.79 Å². The predicted octanol–water partition coefficient (Wildman–Crippen LogP) is 4.41. The third kappa shape index (κ3) is 5.10. The van der Waals surface area contributed by atoms with E-state index in [0.717, 1.165) is 11.4 Å². The Kier molecular flexibility index (Phi) is 7.02. The van der Waals surface area contributed by atoms with Crippen molar-refractivity contribution in [1.82, 2.24) is 4.57 Å². The van der Waals surface area contributed by atoms with Gasteiger partial charge in [0, 0.05) is 27.9 Å². The lowest BCUT2D eigenvalue weighted by Crippen LogP contribution is -2.16. The van der Waals surface area contributed by atoms with Crippen LogP contribution in [0.3, 0.4) is 0 Å². The molecule has 0 amide bonds. The average Bonchev–Trinajstić information content (AvgIpc) is 2.92. The summed E-state index contributed by atoms with van der Waals surface area (Å²) in [6.45, 7) is 9.16. The second-order valence-electron chi connectivity index (χ2n) is 6.73. The molecule has 1 aromatic heterocycles. The summed E-state index contributed by atoms with van der Waals surface area (Å²) in [5, 5.41) is 0. The lowest BCUT2D eigenvalue weighted by molar-refractivity contribution is -0.114. The Bertz CT molecular complexity index is 867. The predicted molar refractivity (Wildman–Crippen MR) is 107 cm³/mol. The van der Waals surface area contributed by atoms with Crippen molar-refractivity contribution < 1.29 is 19.1 Å². The van der Waals surface area contributed by atoms with Crippen LogP contribution < -0.4 is 0 Å². The Morgan fingerprint density at radius 2 is 1.78 bits per heavy atom. The van der Waals surface area contributed by atoms with E-state index in [1.54, 1.807) is 24.3 Å². The molecule has 0 aliphatic heterocycles. The Hall–Kier alpha value is -2.34. The molecule has 144 valence electrons. The van der Waals surface area contributed by atoms with Crippen molar-refractivity contribution in [2.24, 2.45) is 0 Å². The van der Waals surface area contributed by atoms with Gasteiger partial charge in [0.05, 0.1) is 11.3 Å². The van der Waals surface area contributed by atoms with Crippen LogP contribution in [-0.2, 0) is 9.53 Å². The zero-order chi connectivity index (χ0) is 20.1. The van der Waals surface area contributed by atoms with Crippen molar-refractivity contribution >= 4 is 29.3 Å². The zero-order valence-corrected chi connectivity index (χ0v) is 17.2. The summed E-state index contributed by atoms with van der Waals surface area (Å²) in [4.78, 5) is 36.8. The van der Waals surface area contributed by atoms with Gasteiger partial charge >= 0.3 is 5.97 Å². The van der Waals surface area contributed by atoms with Crippen LogP contribution in [0.4, 0.5) is 0 Å². The van der Waals surface area contributed by atoms with Gasteiger partial charge in [0.25, 0.3) is 0 Å². The minimum Gasteiger partial charge on any atom is -0.454 e. The van der Waals surface area contributed by atoms with Gasteiger partial charge in [-0.2, -0.15) is 0 Å². The molecule has 0 unspecified atom stereocenters. The number of carbonyl (C=O) groups is 3. The Labute approximate surface area is 164 Å². The molecule has 5 nitrogen and oxygen atoms in total. The molecule has 0 aliphatic rings. The molecular formula is C21H25NO4S. The fraction of sp³-hybridized carbons (Fsp3) is 0.381. The normalized spacial score (nSPS) is 10.9. The number of aromatic nitrogens is 1. The number of carbonyl (C=O) groups excluding carboxylic acids is 3. The van der Waals surface area contributed by atoms with E-state index in [4.69, 9.17) is 4.74 Å². The summed E-state index contributed by atoms with van der Waals surface area (Å²) in [5.74, 6) is -0.478. The second kappa shape index (κ2) is 9.04. The van der Waals surface area contributed by atoms with Crippen LogP contribution in [0.5, 0.6) is 0 Å². The number of nitrogens with zero attached hydrogens (tertiary/aromatic N) is 1. The number of aryl methyl sites for hydroxylation is 1. The van der Waals surface area contributed by atoms with E-state index in [2.05, 4.69) is 18.4 Å². The molecule has 27 heavy (non-hydrogen) atoms. The molecule has 0 saturated heterocycles. The van der Waals surface area contributed by atoms with E-state index >= 15 is 0 Å². The summed E-state index contributed by atoms with van der Waals surface area (Å²) in [6, 6.07) is 9.02. The first-order valence-corrected chi connectivity index (χ1v) is 9.81. The SMILES string of the molecule is CC(=O)CSc1ccccc1C(=O)OCC(=O)c1cc(C)n(C(C)C)c1C. The third-order valence-corrected chi connectivity index (χ3v) is 5.39. The van der Waals surface area contributed by atoms with Crippen LogP contribution >= 0.6 is 11.8 Å². The molecule has 0 spiro atoms. The van der Waals surface area contributed by atoms with E-state index in [-0.39, 0.29) is 30.0 Å². The molecule has 6 heteroatoms. The number of ether oxygens (including phenoxy) is 1. The summed E-state index contributed by atoms with van der Waals surface area (Å²) in [7, 11) is 0. The smallest absolute Gasteiger partial charge is 0.339 e. The highest BCUT2D eigenvalue weighted by Gasteiger charge is 2.20. The van der Waals surface area contributed by atoms with Crippen LogP contribution in [0.1, 0.15) is 58.9 Å². The van der Waals surface area contributed by atoms with Crippen molar-refractivity contribution in [2.45, 2.75) is 45.6 Å². The maximum atomic E-state index is 12.5. The highest BCUT2D eigenvalue weighted by atomic mass is 32.2. The second-order valence-corrected chi connectivity index (χ2v) is 7.75. The highest BCUT2D eigenvalue weighted by Crippen LogP contribution is 2.24. The Morgan fingerprint density at radius 1 is 1.11 bits per heavy atom. The van der Waals surface area contributed by atoms with E-state index in [1.807, 2.05) is 19.9 Å². The number of thioether (sulfide) groups is 1. The van der Waals surface area contributed by atoms with Crippen LogP contribution in [-0.4, -0.2) is 34.5 Å². The van der Waals surface area contributed by atoms with Crippen molar-refractivity contribution in [1.29, 1.82) is 0 Å². The number of rotatable bonds is 8. The molecule has 0 radical (unpaired) electrons. The van der Waals surface area contributed by atoms with Crippen LogP contribution in [0.2, 0.25) is 0 Å². The first-order valence-electron chi connectivity index (χ1n) is 8.82. The summed E-state index contributed by atoms with van der Waals surface area (Å²) >= 11 is 1.29. The van der Waals surface area contributed by atoms with E-state index in [9.17, 15) is 14.4 Å². The van der Waals surface area contributed by atoms with E-state index in [1.165, 1.54) is 18.7 Å². The van der Waals surface area contributed by atoms with Gasteiger partial charge in [-0.15, -0.1) is 11.8 Å². The minimum atomic E-state index is -0.562. The molecule has 2 aromatic rings. The number of benzene rings is 1. The number of Topliss-reactive ketones (excluding diaryl/α,β-unsaturated/α-hetero) is 2. The minimum absolute atomic E-state index is 0.0267. The van der Waals surface area contributed by atoms with Gasteiger partial charge in [-0.1, -0.05) is 12.1 Å². The van der Waals surface area contributed by atoms with Crippen LogP contribution in [0, 0.1) is 13.8 Å². The molecule has 0 aliphatic carbocycles. The van der Waals surface area contributed by atoms with Crippen LogP contribution in [0.15, 0.2) is 35.2 Å². The maximum Gasteiger partial charge on any atom is 0.339 e. The fourth-order valence-corrected chi connectivity index (χ4v) is 3.92. The van der Waals surface area contributed by atoms with Crippen molar-refractivity contribution in [3.8, 4) is 0 Å². The van der Waals surface area contributed by atoms with Gasteiger partial charge in [0.1, 0.15) is 5.78 Å². The number of ketones is 2. The van der Waals surface area contributed by atoms with E-state index in [0.29, 0.717) is 16.0 Å². The lowest BCUT2D eigenvalue weighted by atomic mass is 10.1. The molecule has 1 aromatic carbocycles. The molecule has 0 fully saturated rings. The summed E-state index contributed by atoms with van der Waals surface area (Å²) < 4.78 is 7.35. The topological polar surface area (TPSA) is 65.4 Å². The van der Waals surface area contributed by atoms with Gasteiger partial charge in [-0.3, -0.25) is 9.59 Å². The van der Waals surface area contributed by atoms with Gasteiger partial charge < -0.3 is 9.30 Å². The molecule has 2 rings (SSSR count). The zero-order valence-electron chi connectivity index (χ0n) is 16.4. The monoisotopic (exact) mass is 387 g/mol. The van der Waals surface area contributed by atoms with Crippen molar-refractivity contribution in [3.05, 3.63) is 52.8 Å². The summed E-state index contributed by atoms with van der Waals surface area (Å²) in [5.41, 5.74) is 2.82. The largest absolute Gasteiger partial charge is 0.454 e. The average molecular weight is 388 g/mol. The summed E-state index contributed by atoms with van der Waals surface area (Å²) in [6.07, 6.45) is 0. The van der Waals surface area contributed by atoms with Gasteiger partial charge in [0.2, 0.25) is 5.78 Å².